The molecule has 2 rings (SSSR count). The summed E-state index contributed by atoms with van der Waals surface area (Å²) < 4.78 is 6.59. The fourth-order valence-electron chi connectivity index (χ4n) is 2.90. The number of nitroso groups, excluding NO2 is 1. The highest BCUT2D eigenvalue weighted by Crippen LogP contribution is 2.26. The maximum atomic E-state index is 11.2. The number of rotatable bonds is 8. The molecule has 0 saturated carbocycles. The van der Waals surface area contributed by atoms with E-state index in [1.165, 1.54) is 29.0 Å². The van der Waals surface area contributed by atoms with Crippen molar-refractivity contribution in [3.63, 3.8) is 0 Å². The van der Waals surface area contributed by atoms with E-state index >= 15 is 0 Å². The van der Waals surface area contributed by atoms with E-state index in [1.54, 1.807) is 12.1 Å². The van der Waals surface area contributed by atoms with E-state index < -0.39 is 42.7 Å². The molecule has 150 valence electrons. The number of aromatic nitrogens is 1. The van der Waals surface area contributed by atoms with Crippen LogP contribution in [0.1, 0.15) is 30.7 Å². The minimum Gasteiger partial charge on any atom is -0.479 e. The van der Waals surface area contributed by atoms with Gasteiger partial charge in [-0.1, -0.05) is 0 Å². The molecule has 0 unspecified atom stereocenters. The lowest BCUT2D eigenvalue weighted by Crippen LogP contribution is -2.63. The number of carboxylic acid groups (broad SMARTS) is 1. The molecule has 0 aliphatic carbocycles. The predicted molar refractivity (Wildman–Crippen MR) is 88.8 cm³/mol. The number of carbonyl (C=O) groups is 1. The molecule has 1 fully saturated rings. The first-order valence-electron chi connectivity index (χ1n) is 8.42. The molecule has 11 heteroatoms. The number of nitrogens with zero attached hydrogens (tertiary/aromatic N) is 3. The van der Waals surface area contributed by atoms with Crippen molar-refractivity contribution >= 4 is 5.97 Å². The summed E-state index contributed by atoms with van der Waals surface area (Å²) in [5, 5.41) is 53.2. The second-order valence-electron chi connectivity index (χ2n) is 6.46. The second-order valence-corrected chi connectivity index (χ2v) is 6.46. The van der Waals surface area contributed by atoms with Gasteiger partial charge in [-0.05, 0) is 18.9 Å². The van der Waals surface area contributed by atoms with Crippen LogP contribution in [0.25, 0.3) is 0 Å². The van der Waals surface area contributed by atoms with Gasteiger partial charge >= 0.3 is 5.97 Å². The molecule has 0 radical (unpaired) electrons. The van der Waals surface area contributed by atoms with Gasteiger partial charge < -0.3 is 30.3 Å². The van der Waals surface area contributed by atoms with Crippen LogP contribution in [0.2, 0.25) is 0 Å². The van der Waals surface area contributed by atoms with Gasteiger partial charge in [0.25, 0.3) is 6.23 Å². The maximum Gasteiger partial charge on any atom is 0.335 e. The lowest BCUT2D eigenvalue weighted by molar-refractivity contribution is -0.777. The molecular weight excluding hydrogens is 362 g/mol. The van der Waals surface area contributed by atoms with E-state index in [2.05, 4.69) is 5.29 Å². The zero-order valence-corrected chi connectivity index (χ0v) is 14.7. The highest BCUT2D eigenvalue weighted by atomic mass is 16.6. The summed E-state index contributed by atoms with van der Waals surface area (Å²) in [4.78, 5) is 21.5. The van der Waals surface area contributed by atoms with Crippen LogP contribution in [0.4, 0.5) is 0 Å². The minimum atomic E-state index is -1.77. The number of aliphatic hydroxyl groups excluding tert-OH is 4. The number of ether oxygens (including phenoxy) is 1. The van der Waals surface area contributed by atoms with Gasteiger partial charge in [0.1, 0.15) is 12.2 Å². The Balaban J connectivity index is 2.13. The molecule has 1 aromatic rings. The molecule has 0 spiro atoms. The Labute approximate surface area is 155 Å². The summed E-state index contributed by atoms with van der Waals surface area (Å²) in [7, 11) is 1.52. The summed E-state index contributed by atoms with van der Waals surface area (Å²) in [5.74, 6) is -1.47. The van der Waals surface area contributed by atoms with Crippen LogP contribution in [0.5, 0.6) is 0 Å². The van der Waals surface area contributed by atoms with Crippen LogP contribution in [0.15, 0.2) is 29.8 Å². The summed E-state index contributed by atoms with van der Waals surface area (Å²) in [6.45, 7) is 0.377. The number of hydrogen-bond acceptors (Lipinski definition) is 8. The Morgan fingerprint density at radius 1 is 1.33 bits per heavy atom. The van der Waals surface area contributed by atoms with E-state index in [0.717, 1.165) is 0 Å². The van der Waals surface area contributed by atoms with Crippen molar-refractivity contribution in [2.45, 2.75) is 49.6 Å². The SMILES string of the molecule is CN(CCC[C@H](O)c1ccc[n+]([C@@H]2O[C@@H](C(=O)O)[C@@H](O)[C@H](O)[C@@H]2O)c1)N=O. The van der Waals surface area contributed by atoms with E-state index in [-0.39, 0.29) is 0 Å². The van der Waals surface area contributed by atoms with Crippen molar-refractivity contribution in [3.05, 3.63) is 35.0 Å². The van der Waals surface area contributed by atoms with E-state index in [9.17, 15) is 30.1 Å². The van der Waals surface area contributed by atoms with E-state index in [1.807, 2.05) is 0 Å². The van der Waals surface area contributed by atoms with Crippen molar-refractivity contribution in [2.24, 2.45) is 5.29 Å². The smallest absolute Gasteiger partial charge is 0.335 e. The lowest BCUT2D eigenvalue weighted by atomic mass is 9.97. The van der Waals surface area contributed by atoms with Gasteiger partial charge in [0.2, 0.25) is 0 Å². The predicted octanol–water partition coefficient (Wildman–Crippen LogP) is -1.53. The molecule has 1 aromatic heterocycles. The monoisotopic (exact) mass is 386 g/mol. The molecule has 27 heavy (non-hydrogen) atoms. The van der Waals surface area contributed by atoms with Crippen LogP contribution in [-0.2, 0) is 9.53 Å². The molecule has 1 aliphatic rings. The summed E-state index contributed by atoms with van der Waals surface area (Å²) in [6, 6.07) is 3.21. The Morgan fingerprint density at radius 3 is 2.67 bits per heavy atom. The van der Waals surface area contributed by atoms with Crippen LogP contribution < -0.4 is 4.57 Å². The van der Waals surface area contributed by atoms with Crippen LogP contribution in [-0.4, -0.2) is 74.5 Å². The quantitative estimate of drug-likeness (QED) is 0.202. The van der Waals surface area contributed by atoms with Crippen molar-refractivity contribution in [1.82, 2.24) is 5.01 Å². The van der Waals surface area contributed by atoms with Gasteiger partial charge in [0, 0.05) is 25.2 Å². The Kier molecular flexibility index (Phi) is 7.16. The standard InChI is InChI=1S/C16H23N3O8/c1-18(17-26)6-3-5-10(20)9-4-2-7-19(8-9)15-13(23)11(21)12(22)14(27-15)16(24)25/h2,4,7-8,10-15,20-23H,3,5-6H2,1H3/p+1/t10-,11-,12-,13-,14+,15+/m0/s1. The Bertz CT molecular complexity index is 660. The average Bonchev–Trinajstić information content (AvgIpc) is 2.65. The lowest BCUT2D eigenvalue weighted by Gasteiger charge is -2.35. The van der Waals surface area contributed by atoms with Gasteiger partial charge in [0.05, 0.1) is 11.4 Å². The fraction of sp³-hybridized carbons (Fsp3) is 0.625. The number of aliphatic hydroxyl groups is 4. The summed E-state index contributed by atoms with van der Waals surface area (Å²) >= 11 is 0. The molecule has 0 amide bonds. The first-order valence-corrected chi connectivity index (χ1v) is 8.42. The van der Waals surface area contributed by atoms with Crippen LogP contribution >= 0.6 is 0 Å². The molecule has 1 aliphatic heterocycles. The molecular formula is C16H24N3O8+. The van der Waals surface area contributed by atoms with Crippen molar-refractivity contribution in [1.29, 1.82) is 0 Å². The van der Waals surface area contributed by atoms with Gasteiger partial charge in [-0.2, -0.15) is 4.57 Å². The van der Waals surface area contributed by atoms with Crippen molar-refractivity contribution in [2.75, 3.05) is 13.6 Å². The number of carboxylic acids is 1. The molecule has 6 atom stereocenters. The normalized spacial score (nSPS) is 29.1. The van der Waals surface area contributed by atoms with Gasteiger partial charge in [-0.3, -0.25) is 5.01 Å². The summed E-state index contributed by atoms with van der Waals surface area (Å²) in [5.41, 5.74) is 0.475. The van der Waals surface area contributed by atoms with Crippen LogP contribution in [0, 0.1) is 4.91 Å². The number of aliphatic carboxylic acids is 1. The average molecular weight is 386 g/mol. The number of hydrogen-bond donors (Lipinski definition) is 5. The zero-order valence-electron chi connectivity index (χ0n) is 14.7. The van der Waals surface area contributed by atoms with Gasteiger partial charge in [-0.15, -0.1) is 4.91 Å². The van der Waals surface area contributed by atoms with Crippen LogP contribution in [0.3, 0.4) is 0 Å². The van der Waals surface area contributed by atoms with Crippen molar-refractivity contribution < 1.29 is 39.6 Å². The first kappa shape index (κ1) is 21.1. The molecule has 11 nitrogen and oxygen atoms in total. The molecule has 0 aromatic carbocycles. The maximum absolute atomic E-state index is 11.2. The Morgan fingerprint density at radius 2 is 2.04 bits per heavy atom. The van der Waals surface area contributed by atoms with Gasteiger partial charge in [-0.25, -0.2) is 4.79 Å². The summed E-state index contributed by atoms with van der Waals surface area (Å²) in [6.07, 6.45) is -5.10. The molecule has 2 heterocycles. The first-order chi connectivity index (χ1) is 12.8. The third-order valence-corrected chi connectivity index (χ3v) is 4.45. The zero-order chi connectivity index (χ0) is 20.1. The topological polar surface area (TPSA) is 164 Å². The molecule has 0 bridgehead atoms. The van der Waals surface area contributed by atoms with E-state index in [4.69, 9.17) is 9.84 Å². The highest BCUT2D eigenvalue weighted by molar-refractivity contribution is 5.73. The van der Waals surface area contributed by atoms with Crippen molar-refractivity contribution in [3.8, 4) is 0 Å². The van der Waals surface area contributed by atoms with E-state index in [0.29, 0.717) is 24.9 Å². The minimum absolute atomic E-state index is 0.344. The fourth-order valence-corrected chi connectivity index (χ4v) is 2.90. The second kappa shape index (κ2) is 9.15. The highest BCUT2D eigenvalue weighted by Gasteiger charge is 2.51. The molecule has 1 saturated heterocycles. The number of pyridine rings is 1. The Hall–Kier alpha value is -2.18. The largest absolute Gasteiger partial charge is 0.479 e. The third kappa shape index (κ3) is 4.96. The van der Waals surface area contributed by atoms with Gasteiger partial charge in [0.15, 0.2) is 24.6 Å². The molecule has 5 N–H and O–H groups in total. The third-order valence-electron chi connectivity index (χ3n) is 4.45.